The summed E-state index contributed by atoms with van der Waals surface area (Å²) in [4.78, 5) is 14.7. The number of anilines is 2. The minimum Gasteiger partial charge on any atom is -0.361 e. The molecule has 5 heteroatoms. The first kappa shape index (κ1) is 17.1. The van der Waals surface area contributed by atoms with E-state index in [4.69, 9.17) is 11.6 Å². The van der Waals surface area contributed by atoms with Gasteiger partial charge in [0.1, 0.15) is 0 Å². The lowest BCUT2D eigenvalue weighted by atomic mass is 10.1. The van der Waals surface area contributed by atoms with E-state index in [0.29, 0.717) is 10.6 Å². The van der Waals surface area contributed by atoms with Crippen LogP contribution < -0.4 is 10.6 Å². The van der Waals surface area contributed by atoms with Gasteiger partial charge in [0.25, 0.3) is 5.91 Å². The number of amides is 1. The van der Waals surface area contributed by atoms with Crippen molar-refractivity contribution >= 4 is 34.5 Å². The summed E-state index contributed by atoms with van der Waals surface area (Å²) in [6.45, 7) is 3.40. The number of nitrogens with one attached hydrogen (secondary N) is 2. The second-order valence-corrected chi connectivity index (χ2v) is 7.32. The molecule has 0 spiro atoms. The number of likely N-dealkylation sites (tertiary alicyclic amines) is 1. The maximum Gasteiger partial charge on any atom is 0.257 e. The van der Waals surface area contributed by atoms with E-state index >= 15 is 0 Å². The smallest absolute Gasteiger partial charge is 0.257 e. The Bertz CT molecular complexity index is 839. The first-order valence-electron chi connectivity index (χ1n) is 9.08. The molecule has 0 aromatic heterocycles. The molecule has 26 heavy (non-hydrogen) atoms. The summed E-state index contributed by atoms with van der Waals surface area (Å²) in [6.07, 6.45) is 5.72. The quantitative estimate of drug-likeness (QED) is 0.768. The summed E-state index contributed by atoms with van der Waals surface area (Å²) in [5, 5.41) is 6.70. The Balaban J connectivity index is 1.44. The Labute approximate surface area is 158 Å². The van der Waals surface area contributed by atoms with Crippen LogP contribution in [0.4, 0.5) is 11.4 Å². The van der Waals surface area contributed by atoms with Gasteiger partial charge in [-0.3, -0.25) is 9.69 Å². The van der Waals surface area contributed by atoms with Gasteiger partial charge in [-0.05, 0) is 61.8 Å². The lowest BCUT2D eigenvalue weighted by Crippen LogP contribution is -2.29. The molecule has 0 radical (unpaired) electrons. The Morgan fingerprint density at radius 2 is 1.85 bits per heavy atom. The standard InChI is InChI=1S/C21H22ClN3O/c22-16-6-9-20-18(12-16)19(21(26)24-20)13-23-17-7-4-15(5-8-17)14-25-10-2-1-3-11-25/h4-9,12-13,23H,1-3,10-11,14H2,(H,24,26). The van der Waals surface area contributed by atoms with Crippen molar-refractivity contribution in [2.24, 2.45) is 0 Å². The molecule has 2 aromatic rings. The number of halogens is 1. The van der Waals surface area contributed by atoms with Crippen LogP contribution in [0.2, 0.25) is 5.02 Å². The number of carbonyl (C=O) groups is 1. The predicted molar refractivity (Wildman–Crippen MR) is 107 cm³/mol. The van der Waals surface area contributed by atoms with Gasteiger partial charge >= 0.3 is 0 Å². The Morgan fingerprint density at radius 1 is 1.08 bits per heavy atom. The van der Waals surface area contributed by atoms with E-state index < -0.39 is 0 Å². The molecule has 1 saturated heterocycles. The van der Waals surface area contributed by atoms with Crippen molar-refractivity contribution in [1.29, 1.82) is 0 Å². The number of hydrogen-bond donors (Lipinski definition) is 2. The van der Waals surface area contributed by atoms with E-state index in [1.807, 2.05) is 12.1 Å². The number of piperidine rings is 1. The molecule has 0 aliphatic carbocycles. The predicted octanol–water partition coefficient (Wildman–Crippen LogP) is 4.73. The van der Waals surface area contributed by atoms with E-state index in [9.17, 15) is 4.79 Å². The summed E-state index contributed by atoms with van der Waals surface area (Å²) in [6, 6.07) is 13.8. The second-order valence-electron chi connectivity index (χ2n) is 6.88. The maximum atomic E-state index is 12.2. The molecule has 2 aliphatic heterocycles. The fourth-order valence-corrected chi connectivity index (χ4v) is 3.71. The van der Waals surface area contributed by atoms with Crippen LogP contribution in [0.1, 0.15) is 30.4 Å². The molecule has 4 nitrogen and oxygen atoms in total. The normalized spacial score (nSPS) is 18.7. The molecule has 0 unspecified atom stereocenters. The van der Waals surface area contributed by atoms with Crippen LogP contribution in [0.15, 0.2) is 48.7 Å². The van der Waals surface area contributed by atoms with Crippen molar-refractivity contribution in [2.45, 2.75) is 25.8 Å². The number of rotatable bonds is 4. The number of hydrogen-bond acceptors (Lipinski definition) is 3. The highest BCUT2D eigenvalue weighted by Gasteiger charge is 2.24. The molecule has 2 heterocycles. The lowest BCUT2D eigenvalue weighted by Gasteiger charge is -2.26. The molecule has 1 amide bonds. The van der Waals surface area contributed by atoms with Crippen molar-refractivity contribution in [3.05, 3.63) is 64.8 Å². The van der Waals surface area contributed by atoms with Crippen LogP contribution in [-0.2, 0) is 11.3 Å². The Hall–Kier alpha value is -2.30. The van der Waals surface area contributed by atoms with Gasteiger partial charge in [-0.15, -0.1) is 0 Å². The highest BCUT2D eigenvalue weighted by atomic mass is 35.5. The van der Waals surface area contributed by atoms with Crippen molar-refractivity contribution in [1.82, 2.24) is 4.90 Å². The fourth-order valence-electron chi connectivity index (χ4n) is 3.54. The Kier molecular flexibility index (Phi) is 4.96. The van der Waals surface area contributed by atoms with Crippen molar-refractivity contribution in [3.8, 4) is 0 Å². The van der Waals surface area contributed by atoms with Crippen molar-refractivity contribution in [2.75, 3.05) is 23.7 Å². The minimum absolute atomic E-state index is 0.114. The monoisotopic (exact) mass is 367 g/mol. The molecular formula is C21H22ClN3O. The maximum absolute atomic E-state index is 12.2. The molecule has 1 fully saturated rings. The van der Waals surface area contributed by atoms with Gasteiger partial charge in [0.05, 0.1) is 5.57 Å². The zero-order valence-corrected chi connectivity index (χ0v) is 15.4. The summed E-state index contributed by atoms with van der Waals surface area (Å²) in [5.41, 5.74) is 4.50. The molecule has 134 valence electrons. The SMILES string of the molecule is O=C1Nc2ccc(Cl)cc2C1=CNc1ccc(CN2CCCCC2)cc1. The third-order valence-corrected chi connectivity index (χ3v) is 5.19. The average Bonchev–Trinajstić information content (AvgIpc) is 2.96. The van der Waals surface area contributed by atoms with Crippen molar-refractivity contribution in [3.63, 3.8) is 0 Å². The van der Waals surface area contributed by atoms with Gasteiger partial charge in [0.15, 0.2) is 0 Å². The third kappa shape index (κ3) is 3.76. The van der Waals surface area contributed by atoms with Gasteiger partial charge < -0.3 is 10.6 Å². The highest BCUT2D eigenvalue weighted by Crippen LogP contribution is 2.33. The zero-order chi connectivity index (χ0) is 17.9. The zero-order valence-electron chi connectivity index (χ0n) is 14.6. The molecule has 2 N–H and O–H groups in total. The number of fused-ring (bicyclic) bond motifs is 1. The number of nitrogens with zero attached hydrogens (tertiary/aromatic N) is 1. The van der Waals surface area contributed by atoms with Crippen LogP contribution in [0.5, 0.6) is 0 Å². The van der Waals surface area contributed by atoms with Gasteiger partial charge in [0.2, 0.25) is 0 Å². The molecule has 4 rings (SSSR count). The molecule has 2 aromatic carbocycles. The number of carbonyl (C=O) groups excluding carboxylic acids is 1. The first-order valence-corrected chi connectivity index (χ1v) is 9.46. The van der Waals surface area contributed by atoms with E-state index in [1.165, 1.54) is 37.9 Å². The van der Waals surface area contributed by atoms with Crippen LogP contribution in [0.25, 0.3) is 5.57 Å². The van der Waals surface area contributed by atoms with Crippen LogP contribution in [0, 0.1) is 0 Å². The average molecular weight is 368 g/mol. The van der Waals surface area contributed by atoms with Gasteiger partial charge in [0, 0.05) is 34.7 Å². The van der Waals surface area contributed by atoms with Gasteiger partial charge in [-0.1, -0.05) is 30.2 Å². The molecule has 0 bridgehead atoms. The van der Waals surface area contributed by atoms with Crippen LogP contribution in [-0.4, -0.2) is 23.9 Å². The third-order valence-electron chi connectivity index (χ3n) is 4.96. The topological polar surface area (TPSA) is 44.4 Å². The minimum atomic E-state index is -0.114. The lowest BCUT2D eigenvalue weighted by molar-refractivity contribution is -0.110. The van der Waals surface area contributed by atoms with Gasteiger partial charge in [-0.2, -0.15) is 0 Å². The van der Waals surface area contributed by atoms with E-state index in [-0.39, 0.29) is 5.91 Å². The van der Waals surface area contributed by atoms with E-state index in [0.717, 1.165) is 23.5 Å². The van der Waals surface area contributed by atoms with Crippen molar-refractivity contribution < 1.29 is 4.79 Å². The summed E-state index contributed by atoms with van der Waals surface area (Å²) in [7, 11) is 0. The summed E-state index contributed by atoms with van der Waals surface area (Å²) >= 11 is 6.06. The van der Waals surface area contributed by atoms with E-state index in [2.05, 4.69) is 39.8 Å². The van der Waals surface area contributed by atoms with E-state index in [1.54, 1.807) is 12.3 Å². The Morgan fingerprint density at radius 3 is 2.62 bits per heavy atom. The molecule has 2 aliphatic rings. The fraction of sp³-hybridized carbons (Fsp3) is 0.286. The van der Waals surface area contributed by atoms with Crippen LogP contribution in [0.3, 0.4) is 0 Å². The van der Waals surface area contributed by atoms with Crippen LogP contribution >= 0.6 is 11.6 Å². The molecule has 0 atom stereocenters. The largest absolute Gasteiger partial charge is 0.361 e. The summed E-state index contributed by atoms with van der Waals surface area (Å²) < 4.78 is 0. The highest BCUT2D eigenvalue weighted by molar-refractivity contribution is 6.34. The molecular weight excluding hydrogens is 346 g/mol. The first-order chi connectivity index (χ1) is 12.7. The number of benzene rings is 2. The molecule has 0 saturated carbocycles. The summed E-state index contributed by atoms with van der Waals surface area (Å²) in [5.74, 6) is -0.114. The van der Waals surface area contributed by atoms with Gasteiger partial charge in [-0.25, -0.2) is 0 Å². The second kappa shape index (κ2) is 7.52.